The molecule has 1 aromatic rings. The molecule has 1 saturated heterocycles. The molecule has 2 amide bonds. The number of amides is 2. The maximum Gasteiger partial charge on any atom is 0.251 e. The minimum atomic E-state index is -0.0759. The molecule has 2 unspecified atom stereocenters. The van der Waals surface area contributed by atoms with Crippen molar-refractivity contribution in [2.24, 2.45) is 0 Å². The van der Waals surface area contributed by atoms with Crippen LogP contribution >= 0.6 is 24.8 Å². The first-order valence-electron chi connectivity index (χ1n) is 8.22. The summed E-state index contributed by atoms with van der Waals surface area (Å²) in [6, 6.07) is 6.13. The summed E-state index contributed by atoms with van der Waals surface area (Å²) in [4.78, 5) is 26.3. The highest BCUT2D eigenvalue weighted by Crippen LogP contribution is 2.29. The number of hydrogen-bond acceptors (Lipinski definition) is 4. The van der Waals surface area contributed by atoms with Crippen molar-refractivity contribution in [3.8, 4) is 0 Å². The summed E-state index contributed by atoms with van der Waals surface area (Å²) in [5, 5.41) is 9.37. The molecule has 2 atom stereocenters. The second-order valence-corrected chi connectivity index (χ2v) is 6.50. The van der Waals surface area contributed by atoms with Crippen LogP contribution in [0, 0.1) is 0 Å². The van der Waals surface area contributed by atoms with Crippen LogP contribution in [-0.4, -0.2) is 44.0 Å². The standard InChI is InChI=1S/C17H24N4O2.2ClH/c1-11-9-13(5-7-18-11)19-17(23)12-3-4-15-14(10-12)20-16(22)6-8-21(15)2;;/h3-4,10-11,13,18H,5-9H2,1-2H3,(H,19,23)(H,20,22);2*1H. The second-order valence-electron chi connectivity index (χ2n) is 6.50. The first-order valence-corrected chi connectivity index (χ1v) is 8.22. The van der Waals surface area contributed by atoms with Gasteiger partial charge in [-0.15, -0.1) is 24.8 Å². The lowest BCUT2D eigenvalue weighted by molar-refractivity contribution is -0.115. The highest BCUT2D eigenvalue weighted by Gasteiger charge is 2.22. The van der Waals surface area contributed by atoms with Crippen molar-refractivity contribution in [1.29, 1.82) is 0 Å². The van der Waals surface area contributed by atoms with Crippen LogP contribution in [0.4, 0.5) is 11.4 Å². The highest BCUT2D eigenvalue weighted by molar-refractivity contribution is 6.01. The Labute approximate surface area is 160 Å². The maximum absolute atomic E-state index is 12.5. The predicted octanol–water partition coefficient (Wildman–Crippen LogP) is 2.18. The lowest BCUT2D eigenvalue weighted by Gasteiger charge is -2.28. The zero-order valence-corrected chi connectivity index (χ0v) is 16.1. The maximum atomic E-state index is 12.5. The molecule has 2 heterocycles. The van der Waals surface area contributed by atoms with Crippen LogP contribution in [0.2, 0.25) is 0 Å². The quantitative estimate of drug-likeness (QED) is 0.725. The minimum absolute atomic E-state index is 0. The Hall–Kier alpha value is -1.50. The van der Waals surface area contributed by atoms with E-state index >= 15 is 0 Å². The van der Waals surface area contributed by atoms with Gasteiger partial charge in [0.05, 0.1) is 11.4 Å². The molecule has 0 bridgehead atoms. The molecule has 0 aliphatic carbocycles. The average molecular weight is 389 g/mol. The number of piperidine rings is 1. The van der Waals surface area contributed by atoms with Crippen LogP contribution in [0.1, 0.15) is 36.5 Å². The van der Waals surface area contributed by atoms with Crippen LogP contribution in [0.15, 0.2) is 18.2 Å². The molecule has 0 spiro atoms. The fraction of sp³-hybridized carbons (Fsp3) is 0.529. The van der Waals surface area contributed by atoms with Crippen LogP contribution < -0.4 is 20.9 Å². The summed E-state index contributed by atoms with van der Waals surface area (Å²) in [6.07, 6.45) is 2.34. The third-order valence-electron chi connectivity index (χ3n) is 4.58. The van der Waals surface area contributed by atoms with Crippen LogP contribution in [0.5, 0.6) is 0 Å². The first-order chi connectivity index (χ1) is 11.0. The molecule has 1 aromatic carbocycles. The van der Waals surface area contributed by atoms with Gasteiger partial charge >= 0.3 is 0 Å². The van der Waals surface area contributed by atoms with Gasteiger partial charge in [-0.25, -0.2) is 0 Å². The zero-order valence-electron chi connectivity index (χ0n) is 14.5. The van der Waals surface area contributed by atoms with E-state index in [4.69, 9.17) is 0 Å². The number of nitrogens with one attached hydrogen (secondary N) is 3. The Kier molecular flexibility index (Phi) is 7.99. The smallest absolute Gasteiger partial charge is 0.251 e. The van der Waals surface area contributed by atoms with Crippen molar-refractivity contribution >= 4 is 48.0 Å². The Morgan fingerprint density at radius 1 is 1.32 bits per heavy atom. The lowest BCUT2D eigenvalue weighted by atomic mass is 10.00. The van der Waals surface area contributed by atoms with Gasteiger partial charge < -0.3 is 20.9 Å². The normalized spacial score (nSPS) is 22.5. The van der Waals surface area contributed by atoms with Gasteiger partial charge in [0.25, 0.3) is 5.91 Å². The molecule has 0 saturated carbocycles. The number of hydrogen-bond donors (Lipinski definition) is 3. The van der Waals surface area contributed by atoms with Gasteiger partial charge in [0.2, 0.25) is 5.91 Å². The summed E-state index contributed by atoms with van der Waals surface area (Å²) in [5.41, 5.74) is 2.25. The summed E-state index contributed by atoms with van der Waals surface area (Å²) in [7, 11) is 1.95. The van der Waals surface area contributed by atoms with Gasteiger partial charge in [-0.2, -0.15) is 0 Å². The van der Waals surface area contributed by atoms with Crippen LogP contribution in [0.25, 0.3) is 0 Å². The molecule has 2 aliphatic rings. The number of fused-ring (bicyclic) bond motifs is 1. The molecular weight excluding hydrogens is 363 g/mol. The van der Waals surface area contributed by atoms with E-state index < -0.39 is 0 Å². The summed E-state index contributed by atoms with van der Waals surface area (Å²) >= 11 is 0. The van der Waals surface area contributed by atoms with Gasteiger partial charge in [-0.1, -0.05) is 0 Å². The van der Waals surface area contributed by atoms with Crippen molar-refractivity contribution in [2.75, 3.05) is 30.4 Å². The van der Waals surface area contributed by atoms with Crippen molar-refractivity contribution in [3.05, 3.63) is 23.8 Å². The Morgan fingerprint density at radius 3 is 2.80 bits per heavy atom. The third kappa shape index (κ3) is 5.23. The molecule has 0 radical (unpaired) electrons. The topological polar surface area (TPSA) is 73.5 Å². The number of benzene rings is 1. The number of halogens is 2. The van der Waals surface area contributed by atoms with E-state index in [-0.39, 0.29) is 42.7 Å². The van der Waals surface area contributed by atoms with Gasteiger partial charge in [-0.05, 0) is 44.5 Å². The van der Waals surface area contributed by atoms with E-state index in [2.05, 4.69) is 22.9 Å². The van der Waals surface area contributed by atoms with Crippen LogP contribution in [-0.2, 0) is 4.79 Å². The van der Waals surface area contributed by atoms with Gasteiger partial charge in [0, 0.05) is 37.7 Å². The number of nitrogens with zero attached hydrogens (tertiary/aromatic N) is 1. The zero-order chi connectivity index (χ0) is 16.4. The molecule has 3 rings (SSSR count). The van der Waals surface area contributed by atoms with Gasteiger partial charge in [0.1, 0.15) is 0 Å². The molecule has 2 aliphatic heterocycles. The second kappa shape index (κ2) is 9.27. The van der Waals surface area contributed by atoms with Gasteiger partial charge in [-0.3, -0.25) is 9.59 Å². The monoisotopic (exact) mass is 388 g/mol. The Morgan fingerprint density at radius 2 is 2.08 bits per heavy atom. The fourth-order valence-corrected chi connectivity index (χ4v) is 3.24. The SMILES string of the molecule is CC1CC(NC(=O)c2ccc3c(c2)NC(=O)CCN3C)CCN1.Cl.Cl. The van der Waals surface area contributed by atoms with Crippen LogP contribution in [0.3, 0.4) is 0 Å². The van der Waals surface area contributed by atoms with E-state index in [9.17, 15) is 9.59 Å². The largest absolute Gasteiger partial charge is 0.372 e. The molecular formula is C17H26Cl2N4O2. The highest BCUT2D eigenvalue weighted by atomic mass is 35.5. The lowest BCUT2D eigenvalue weighted by Crippen LogP contribution is -2.46. The molecule has 140 valence electrons. The van der Waals surface area contributed by atoms with E-state index in [1.165, 1.54) is 0 Å². The molecule has 1 fully saturated rings. The average Bonchev–Trinajstić information content (AvgIpc) is 2.66. The van der Waals surface area contributed by atoms with E-state index in [0.717, 1.165) is 25.1 Å². The van der Waals surface area contributed by atoms with E-state index in [0.29, 0.717) is 30.3 Å². The summed E-state index contributed by atoms with van der Waals surface area (Å²) in [5.74, 6) is -0.0895. The van der Waals surface area contributed by atoms with Crippen molar-refractivity contribution in [3.63, 3.8) is 0 Å². The molecule has 3 N–H and O–H groups in total. The van der Waals surface area contributed by atoms with E-state index in [1.54, 1.807) is 6.07 Å². The molecule has 0 aromatic heterocycles. The Balaban J connectivity index is 0.00000156. The first kappa shape index (κ1) is 21.5. The molecule has 25 heavy (non-hydrogen) atoms. The Bertz CT molecular complexity index is 627. The molecule has 6 nitrogen and oxygen atoms in total. The van der Waals surface area contributed by atoms with Gasteiger partial charge in [0.15, 0.2) is 0 Å². The van der Waals surface area contributed by atoms with Crippen molar-refractivity contribution in [2.45, 2.75) is 38.3 Å². The minimum Gasteiger partial charge on any atom is -0.372 e. The predicted molar refractivity (Wildman–Crippen MR) is 105 cm³/mol. The van der Waals surface area contributed by atoms with Crippen molar-refractivity contribution in [1.82, 2.24) is 10.6 Å². The van der Waals surface area contributed by atoms with E-state index in [1.807, 2.05) is 24.1 Å². The number of carbonyl (C=O) groups is 2. The number of carbonyl (C=O) groups excluding carboxylic acids is 2. The number of rotatable bonds is 2. The fourth-order valence-electron chi connectivity index (χ4n) is 3.24. The number of anilines is 2. The molecule has 8 heteroatoms. The summed E-state index contributed by atoms with van der Waals surface area (Å²) < 4.78 is 0. The van der Waals surface area contributed by atoms with Crippen molar-refractivity contribution < 1.29 is 9.59 Å². The third-order valence-corrected chi connectivity index (χ3v) is 4.58. The summed E-state index contributed by atoms with van der Waals surface area (Å²) in [6.45, 7) is 3.74.